The fraction of sp³-hybridized carbons (Fsp3) is 0.417. The van der Waals surface area contributed by atoms with E-state index in [1.165, 1.54) is 0 Å². The van der Waals surface area contributed by atoms with Gasteiger partial charge in [-0.2, -0.15) is 0 Å². The second-order valence-corrected chi connectivity index (χ2v) is 5.57. The van der Waals surface area contributed by atoms with Gasteiger partial charge >= 0.3 is 6.09 Å². The zero-order valence-electron chi connectivity index (χ0n) is 10.4. The fourth-order valence-electron chi connectivity index (χ4n) is 1.10. The van der Waals surface area contributed by atoms with E-state index in [0.29, 0.717) is 0 Å². The maximum absolute atomic E-state index is 11.4. The molecular weight excluding hydrogens is 284 g/mol. The zero-order chi connectivity index (χ0) is 13.1. The summed E-state index contributed by atoms with van der Waals surface area (Å²) in [4.78, 5) is 11.4. The Morgan fingerprint density at radius 1 is 1.35 bits per heavy atom. The molecule has 0 atom stereocenters. The van der Waals surface area contributed by atoms with Crippen LogP contribution in [-0.2, 0) is 4.74 Å². The van der Waals surface area contributed by atoms with Crippen LogP contribution >= 0.6 is 15.9 Å². The predicted octanol–water partition coefficient (Wildman–Crippen LogP) is 3.61. The summed E-state index contributed by atoms with van der Waals surface area (Å²) in [7, 11) is 0. The first-order chi connectivity index (χ1) is 7.78. The zero-order valence-corrected chi connectivity index (χ0v) is 12.0. The first-order valence-corrected chi connectivity index (χ1v) is 6.08. The molecule has 5 heteroatoms. The summed E-state index contributed by atoms with van der Waals surface area (Å²) in [5, 5.41) is 0. The van der Waals surface area contributed by atoms with Gasteiger partial charge < -0.3 is 4.74 Å². The first-order valence-electron chi connectivity index (χ1n) is 5.29. The highest BCUT2D eigenvalue weighted by molar-refractivity contribution is 9.10. The van der Waals surface area contributed by atoms with Gasteiger partial charge in [-0.15, -0.1) is 0 Å². The molecule has 1 rings (SSSR count). The van der Waals surface area contributed by atoms with Crippen LogP contribution in [-0.4, -0.2) is 11.7 Å². The number of ether oxygens (including phenoxy) is 1. The van der Waals surface area contributed by atoms with Gasteiger partial charge in [0.15, 0.2) is 0 Å². The molecule has 0 unspecified atom stereocenters. The van der Waals surface area contributed by atoms with Crippen LogP contribution in [0, 0.1) is 6.92 Å². The number of carbonyl (C=O) groups excluding carboxylic acids is 1. The highest BCUT2D eigenvalue weighted by Crippen LogP contribution is 2.20. The van der Waals surface area contributed by atoms with Crippen molar-refractivity contribution >= 4 is 27.7 Å². The number of carbonyl (C=O) groups is 1. The smallest absolute Gasteiger partial charge is 0.426 e. The second-order valence-electron chi connectivity index (χ2n) is 4.72. The Balaban J connectivity index is 2.50. The highest BCUT2D eigenvalue weighted by Gasteiger charge is 2.15. The summed E-state index contributed by atoms with van der Waals surface area (Å²) in [5.74, 6) is 0. The molecule has 1 amide bonds. The standard InChI is InChI=1S/C12H17BrN2O2/c1-8-5-6-9(7-10(8)13)14-15-11(16)17-12(2,3)4/h5-7,14H,1-4H3,(H,15,16). The number of hydrazine groups is 1. The van der Waals surface area contributed by atoms with Crippen LogP contribution in [0.5, 0.6) is 0 Å². The number of nitrogens with one attached hydrogen (secondary N) is 2. The molecule has 0 bridgehead atoms. The topological polar surface area (TPSA) is 50.4 Å². The van der Waals surface area contributed by atoms with Gasteiger partial charge in [0.1, 0.15) is 5.60 Å². The molecule has 1 aromatic carbocycles. The van der Waals surface area contributed by atoms with E-state index in [4.69, 9.17) is 4.74 Å². The number of amides is 1. The van der Waals surface area contributed by atoms with Crippen molar-refractivity contribution in [1.29, 1.82) is 0 Å². The summed E-state index contributed by atoms with van der Waals surface area (Å²) in [5.41, 5.74) is 6.67. The normalized spacial score (nSPS) is 10.9. The number of anilines is 1. The van der Waals surface area contributed by atoms with E-state index in [0.717, 1.165) is 15.7 Å². The van der Waals surface area contributed by atoms with Crippen molar-refractivity contribution in [2.75, 3.05) is 5.43 Å². The molecule has 0 radical (unpaired) electrons. The van der Waals surface area contributed by atoms with Crippen LogP contribution in [0.2, 0.25) is 0 Å². The Morgan fingerprint density at radius 3 is 2.53 bits per heavy atom. The monoisotopic (exact) mass is 300 g/mol. The van der Waals surface area contributed by atoms with Crippen LogP contribution in [0.1, 0.15) is 26.3 Å². The minimum atomic E-state index is -0.505. The van der Waals surface area contributed by atoms with Crippen molar-refractivity contribution in [3.8, 4) is 0 Å². The number of halogens is 1. The molecule has 0 heterocycles. The lowest BCUT2D eigenvalue weighted by Crippen LogP contribution is -2.35. The Hall–Kier alpha value is -1.23. The molecular formula is C12H17BrN2O2. The van der Waals surface area contributed by atoms with Crippen molar-refractivity contribution in [2.24, 2.45) is 0 Å². The Bertz CT molecular complexity index is 413. The molecule has 0 fully saturated rings. The van der Waals surface area contributed by atoms with Crippen LogP contribution in [0.4, 0.5) is 10.5 Å². The maximum atomic E-state index is 11.4. The third-order valence-electron chi connectivity index (χ3n) is 1.88. The lowest BCUT2D eigenvalue weighted by atomic mass is 10.2. The van der Waals surface area contributed by atoms with E-state index in [1.807, 2.05) is 45.9 Å². The van der Waals surface area contributed by atoms with E-state index in [2.05, 4.69) is 26.8 Å². The van der Waals surface area contributed by atoms with Crippen molar-refractivity contribution in [3.63, 3.8) is 0 Å². The van der Waals surface area contributed by atoms with Gasteiger partial charge in [-0.1, -0.05) is 22.0 Å². The van der Waals surface area contributed by atoms with Gasteiger partial charge in [0, 0.05) is 4.47 Å². The SMILES string of the molecule is Cc1ccc(NNC(=O)OC(C)(C)C)cc1Br. The van der Waals surface area contributed by atoms with E-state index >= 15 is 0 Å². The molecule has 0 saturated heterocycles. The molecule has 0 spiro atoms. The summed E-state index contributed by atoms with van der Waals surface area (Å²) < 4.78 is 6.07. The predicted molar refractivity (Wildman–Crippen MR) is 71.9 cm³/mol. The van der Waals surface area contributed by atoms with Crippen molar-refractivity contribution in [1.82, 2.24) is 5.43 Å². The summed E-state index contributed by atoms with van der Waals surface area (Å²) in [6, 6.07) is 5.70. The van der Waals surface area contributed by atoms with Gasteiger partial charge in [-0.3, -0.25) is 5.43 Å². The summed E-state index contributed by atoms with van der Waals surface area (Å²) in [6.07, 6.45) is -0.505. The number of rotatable bonds is 2. The third kappa shape index (κ3) is 5.08. The Labute approximate surface area is 110 Å². The molecule has 17 heavy (non-hydrogen) atoms. The quantitative estimate of drug-likeness (QED) is 0.820. The van der Waals surface area contributed by atoms with Crippen molar-refractivity contribution in [3.05, 3.63) is 28.2 Å². The number of aryl methyl sites for hydroxylation is 1. The van der Waals surface area contributed by atoms with E-state index in [1.54, 1.807) is 0 Å². The van der Waals surface area contributed by atoms with Gasteiger partial charge in [0.05, 0.1) is 5.69 Å². The van der Waals surface area contributed by atoms with Gasteiger partial charge in [0.25, 0.3) is 0 Å². The minimum Gasteiger partial charge on any atom is -0.443 e. The molecule has 0 aromatic heterocycles. The largest absolute Gasteiger partial charge is 0.443 e. The molecule has 0 aliphatic carbocycles. The number of hydrogen-bond donors (Lipinski definition) is 2. The molecule has 94 valence electrons. The van der Waals surface area contributed by atoms with E-state index in [-0.39, 0.29) is 0 Å². The maximum Gasteiger partial charge on any atom is 0.426 e. The van der Waals surface area contributed by atoms with E-state index in [9.17, 15) is 4.79 Å². The van der Waals surface area contributed by atoms with Crippen LogP contribution in [0.3, 0.4) is 0 Å². The van der Waals surface area contributed by atoms with Crippen LogP contribution < -0.4 is 10.9 Å². The molecule has 0 aliphatic rings. The van der Waals surface area contributed by atoms with Crippen LogP contribution in [0.15, 0.2) is 22.7 Å². The molecule has 1 aromatic rings. The molecule has 4 nitrogen and oxygen atoms in total. The molecule has 0 saturated carbocycles. The van der Waals surface area contributed by atoms with Gasteiger partial charge in [-0.25, -0.2) is 10.2 Å². The molecule has 2 N–H and O–H groups in total. The van der Waals surface area contributed by atoms with Gasteiger partial charge in [0.2, 0.25) is 0 Å². The summed E-state index contributed by atoms with van der Waals surface area (Å²) in [6.45, 7) is 7.44. The lowest BCUT2D eigenvalue weighted by molar-refractivity contribution is 0.0541. The van der Waals surface area contributed by atoms with E-state index < -0.39 is 11.7 Å². The second kappa shape index (κ2) is 5.40. The third-order valence-corrected chi connectivity index (χ3v) is 2.73. The minimum absolute atomic E-state index is 0.500. The highest BCUT2D eigenvalue weighted by atomic mass is 79.9. The first kappa shape index (κ1) is 13.8. The fourth-order valence-corrected chi connectivity index (χ4v) is 1.48. The summed E-state index contributed by atoms with van der Waals surface area (Å²) >= 11 is 3.42. The average Bonchev–Trinajstić information content (AvgIpc) is 2.17. The average molecular weight is 301 g/mol. The number of hydrogen-bond acceptors (Lipinski definition) is 3. The van der Waals surface area contributed by atoms with Gasteiger partial charge in [-0.05, 0) is 45.4 Å². The Kier molecular flexibility index (Phi) is 4.40. The Morgan fingerprint density at radius 2 is 2.00 bits per heavy atom. The lowest BCUT2D eigenvalue weighted by Gasteiger charge is -2.20. The number of benzene rings is 1. The van der Waals surface area contributed by atoms with Crippen LogP contribution in [0.25, 0.3) is 0 Å². The molecule has 0 aliphatic heterocycles. The van der Waals surface area contributed by atoms with Crippen molar-refractivity contribution in [2.45, 2.75) is 33.3 Å². The van der Waals surface area contributed by atoms with Crippen molar-refractivity contribution < 1.29 is 9.53 Å².